The summed E-state index contributed by atoms with van der Waals surface area (Å²) in [6, 6.07) is 7.03. The van der Waals surface area contributed by atoms with Gasteiger partial charge in [0, 0.05) is 10.9 Å². The van der Waals surface area contributed by atoms with Crippen LogP contribution in [0.5, 0.6) is 0 Å². The molecule has 0 fully saturated rings. The molecule has 0 bridgehead atoms. The minimum atomic E-state index is -0.551. The third kappa shape index (κ3) is 2.56. The zero-order chi connectivity index (χ0) is 15.3. The van der Waals surface area contributed by atoms with Gasteiger partial charge in [-0.3, -0.25) is 0 Å². The predicted octanol–water partition coefficient (Wildman–Crippen LogP) is 5.71. The summed E-state index contributed by atoms with van der Waals surface area (Å²) in [6.45, 7) is 11.7. The molecule has 0 heterocycles. The van der Waals surface area contributed by atoms with Gasteiger partial charge >= 0.3 is 0 Å². The van der Waals surface area contributed by atoms with Gasteiger partial charge in [0.15, 0.2) is 0 Å². The van der Waals surface area contributed by atoms with Gasteiger partial charge in [0.1, 0.15) is 11.6 Å². The van der Waals surface area contributed by atoms with Gasteiger partial charge in [0.05, 0.1) is 0 Å². The van der Waals surface area contributed by atoms with Crippen molar-refractivity contribution in [2.45, 2.75) is 52.4 Å². The largest absolute Gasteiger partial charge is 0.207 e. The molecule has 0 unspecified atom stereocenters. The van der Waals surface area contributed by atoms with Crippen molar-refractivity contribution in [1.82, 2.24) is 0 Å². The Kier molecular flexibility index (Phi) is 3.40. The molecule has 0 N–H and O–H groups in total. The molecule has 2 rings (SSSR count). The van der Waals surface area contributed by atoms with Crippen LogP contribution in [0.4, 0.5) is 8.78 Å². The van der Waals surface area contributed by atoms with Crippen molar-refractivity contribution in [3.8, 4) is 0 Å². The molecule has 0 radical (unpaired) electrons. The summed E-state index contributed by atoms with van der Waals surface area (Å²) in [4.78, 5) is 0. The Balaban J connectivity index is 2.77. The first-order valence-electron chi connectivity index (χ1n) is 6.94. The maximum Gasteiger partial charge on any atom is 0.137 e. The fourth-order valence-electron chi connectivity index (χ4n) is 2.48. The summed E-state index contributed by atoms with van der Waals surface area (Å²) in [5, 5.41) is 1.12. The van der Waals surface area contributed by atoms with Gasteiger partial charge in [-0.05, 0) is 27.8 Å². The summed E-state index contributed by atoms with van der Waals surface area (Å²) in [7, 11) is 0. The number of rotatable bonds is 0. The van der Waals surface area contributed by atoms with E-state index in [1.807, 2.05) is 32.9 Å². The first-order valence-corrected chi connectivity index (χ1v) is 6.94. The van der Waals surface area contributed by atoms with Crippen LogP contribution in [0.25, 0.3) is 10.8 Å². The van der Waals surface area contributed by atoms with Crippen molar-refractivity contribution >= 4 is 10.8 Å². The molecule has 0 aliphatic rings. The Morgan fingerprint density at radius 2 is 1.40 bits per heavy atom. The minimum absolute atomic E-state index is 0.0379. The molecule has 20 heavy (non-hydrogen) atoms. The molecule has 2 heteroatoms. The lowest BCUT2D eigenvalue weighted by Gasteiger charge is -2.23. The zero-order valence-electron chi connectivity index (χ0n) is 13.1. The normalized spacial score (nSPS) is 13.0. The quantitative estimate of drug-likeness (QED) is 0.578. The van der Waals surface area contributed by atoms with Crippen LogP contribution >= 0.6 is 0 Å². The minimum Gasteiger partial charge on any atom is -0.207 e. The van der Waals surface area contributed by atoms with E-state index in [0.717, 1.165) is 5.56 Å². The van der Waals surface area contributed by atoms with Crippen LogP contribution in [0, 0.1) is 11.6 Å². The molecule has 0 atom stereocenters. The molecule has 0 aliphatic heterocycles. The highest BCUT2D eigenvalue weighted by atomic mass is 19.1. The summed E-state index contributed by atoms with van der Waals surface area (Å²) in [6.07, 6.45) is 0. The summed E-state index contributed by atoms with van der Waals surface area (Å²) < 4.78 is 28.9. The van der Waals surface area contributed by atoms with Crippen LogP contribution in [0.1, 0.15) is 52.7 Å². The van der Waals surface area contributed by atoms with Crippen LogP contribution in [0.3, 0.4) is 0 Å². The molecule has 0 saturated carbocycles. The second-order valence-corrected chi connectivity index (χ2v) is 7.48. The number of fused-ring (bicyclic) bond motifs is 1. The Bertz CT molecular complexity index is 656. The number of hydrogen-bond donors (Lipinski definition) is 0. The summed E-state index contributed by atoms with van der Waals surface area (Å²) in [5.41, 5.74) is 0.648. The average molecular weight is 276 g/mol. The fourth-order valence-corrected chi connectivity index (χ4v) is 2.48. The van der Waals surface area contributed by atoms with E-state index in [9.17, 15) is 8.78 Å². The van der Waals surface area contributed by atoms with Crippen molar-refractivity contribution < 1.29 is 8.78 Å². The lowest BCUT2D eigenvalue weighted by Crippen LogP contribution is -2.17. The van der Waals surface area contributed by atoms with Gasteiger partial charge in [0.2, 0.25) is 0 Å². The van der Waals surface area contributed by atoms with Gasteiger partial charge < -0.3 is 0 Å². The van der Waals surface area contributed by atoms with Gasteiger partial charge in [-0.1, -0.05) is 59.7 Å². The second kappa shape index (κ2) is 4.54. The van der Waals surface area contributed by atoms with Crippen LogP contribution < -0.4 is 0 Å². The van der Waals surface area contributed by atoms with E-state index in [4.69, 9.17) is 0 Å². The van der Waals surface area contributed by atoms with E-state index in [0.29, 0.717) is 10.8 Å². The molecule has 0 aliphatic carbocycles. The SMILES string of the molecule is CC(C)(C)c1ccc2c(F)c(C(C)(C)C)c(F)cc2c1. The Hall–Kier alpha value is -1.44. The van der Waals surface area contributed by atoms with Crippen LogP contribution in [-0.4, -0.2) is 0 Å². The zero-order valence-corrected chi connectivity index (χ0v) is 13.1. The molecule has 0 amide bonds. The molecular formula is C18H22F2. The molecule has 108 valence electrons. The summed E-state index contributed by atoms with van der Waals surface area (Å²) >= 11 is 0. The van der Waals surface area contributed by atoms with E-state index in [1.165, 1.54) is 6.07 Å². The van der Waals surface area contributed by atoms with Gasteiger partial charge in [-0.15, -0.1) is 0 Å². The van der Waals surface area contributed by atoms with Gasteiger partial charge in [-0.2, -0.15) is 0 Å². The van der Waals surface area contributed by atoms with E-state index in [1.54, 1.807) is 6.07 Å². The standard InChI is InChI=1S/C18H22F2/c1-17(2,3)12-7-8-13-11(9-12)10-14(19)15(16(13)20)18(4,5)6/h7-10H,1-6H3. The molecule has 0 nitrogen and oxygen atoms in total. The van der Waals surface area contributed by atoms with E-state index < -0.39 is 17.0 Å². The Morgan fingerprint density at radius 3 is 1.90 bits per heavy atom. The van der Waals surface area contributed by atoms with Crippen molar-refractivity contribution in [1.29, 1.82) is 0 Å². The average Bonchev–Trinajstić information content (AvgIpc) is 2.24. The third-order valence-corrected chi connectivity index (χ3v) is 3.64. The highest BCUT2D eigenvalue weighted by Crippen LogP contribution is 2.34. The van der Waals surface area contributed by atoms with Crippen molar-refractivity contribution in [2.75, 3.05) is 0 Å². The predicted molar refractivity (Wildman–Crippen MR) is 81.3 cm³/mol. The molecule has 0 aromatic heterocycles. The first-order chi connectivity index (χ1) is 9.01. The second-order valence-electron chi connectivity index (χ2n) is 7.48. The molecule has 0 spiro atoms. The highest BCUT2D eigenvalue weighted by Gasteiger charge is 2.25. The van der Waals surface area contributed by atoms with Gasteiger partial charge in [0.25, 0.3) is 0 Å². The van der Waals surface area contributed by atoms with Gasteiger partial charge in [-0.25, -0.2) is 8.78 Å². The van der Waals surface area contributed by atoms with Crippen molar-refractivity contribution in [2.24, 2.45) is 0 Å². The number of halogens is 2. The molecule has 0 saturated heterocycles. The maximum absolute atomic E-state index is 14.6. The van der Waals surface area contributed by atoms with Crippen LogP contribution in [0.15, 0.2) is 24.3 Å². The summed E-state index contributed by atoms with van der Waals surface area (Å²) in [5.74, 6) is -0.901. The van der Waals surface area contributed by atoms with Crippen molar-refractivity contribution in [3.05, 3.63) is 47.0 Å². The lowest BCUT2D eigenvalue weighted by molar-refractivity contribution is 0.481. The topological polar surface area (TPSA) is 0 Å². The van der Waals surface area contributed by atoms with Crippen LogP contribution in [0.2, 0.25) is 0 Å². The third-order valence-electron chi connectivity index (χ3n) is 3.64. The smallest absolute Gasteiger partial charge is 0.137 e. The number of hydrogen-bond acceptors (Lipinski definition) is 0. The van der Waals surface area contributed by atoms with E-state index >= 15 is 0 Å². The molecular weight excluding hydrogens is 254 g/mol. The Morgan fingerprint density at radius 1 is 0.800 bits per heavy atom. The fraction of sp³-hybridized carbons (Fsp3) is 0.444. The number of benzene rings is 2. The van der Waals surface area contributed by atoms with E-state index in [-0.39, 0.29) is 11.0 Å². The maximum atomic E-state index is 14.6. The monoisotopic (exact) mass is 276 g/mol. The Labute approximate surface area is 119 Å². The van der Waals surface area contributed by atoms with E-state index in [2.05, 4.69) is 20.8 Å². The molecule has 2 aromatic carbocycles. The first kappa shape index (κ1) is 15.0. The van der Waals surface area contributed by atoms with Crippen LogP contribution in [-0.2, 0) is 10.8 Å². The lowest BCUT2D eigenvalue weighted by atomic mass is 9.82. The molecule has 2 aromatic rings. The highest BCUT2D eigenvalue weighted by molar-refractivity contribution is 5.85. The van der Waals surface area contributed by atoms with Crippen molar-refractivity contribution in [3.63, 3.8) is 0 Å².